The molecule has 1 rings (SSSR count). The van der Waals surface area contributed by atoms with Crippen LogP contribution in [-0.4, -0.2) is 18.0 Å². The van der Waals surface area contributed by atoms with Gasteiger partial charge in [0.1, 0.15) is 5.76 Å². The summed E-state index contributed by atoms with van der Waals surface area (Å²) in [4.78, 5) is 11.7. The monoisotopic (exact) mass is 210 g/mol. The maximum absolute atomic E-state index is 11.7. The van der Waals surface area contributed by atoms with Crippen LogP contribution in [0.4, 0.5) is 0 Å². The van der Waals surface area contributed by atoms with E-state index in [0.717, 1.165) is 12.2 Å². The lowest BCUT2D eigenvalue weighted by atomic mass is 10.1. The summed E-state index contributed by atoms with van der Waals surface area (Å²) < 4.78 is 5.33. The number of hydrogen-bond acceptors (Lipinski definition) is 3. The molecule has 0 aliphatic heterocycles. The Morgan fingerprint density at radius 3 is 2.67 bits per heavy atom. The molecule has 0 aromatic carbocycles. The van der Waals surface area contributed by atoms with Gasteiger partial charge in [0.2, 0.25) is 0 Å². The molecule has 0 bridgehead atoms. The number of furan rings is 1. The van der Waals surface area contributed by atoms with E-state index in [1.807, 2.05) is 26.8 Å². The van der Waals surface area contributed by atoms with Gasteiger partial charge in [-0.2, -0.15) is 0 Å². The first-order valence-electron chi connectivity index (χ1n) is 5.10. The molecule has 1 aromatic rings. The van der Waals surface area contributed by atoms with Gasteiger partial charge in [0.25, 0.3) is 5.91 Å². The second-order valence-electron chi connectivity index (χ2n) is 4.16. The molecule has 3 N–H and O–H groups in total. The van der Waals surface area contributed by atoms with E-state index in [4.69, 9.17) is 10.2 Å². The number of carbonyl (C=O) groups excluding carboxylic acids is 1. The minimum absolute atomic E-state index is 0.217. The quantitative estimate of drug-likeness (QED) is 0.787. The third-order valence-corrected chi connectivity index (χ3v) is 2.20. The fourth-order valence-corrected chi connectivity index (χ4v) is 1.11. The van der Waals surface area contributed by atoms with Crippen molar-refractivity contribution in [1.82, 2.24) is 5.32 Å². The summed E-state index contributed by atoms with van der Waals surface area (Å²) in [5, 5.41) is 2.80. The Labute approximate surface area is 89.8 Å². The fourth-order valence-electron chi connectivity index (χ4n) is 1.11. The Hall–Kier alpha value is -1.29. The number of rotatable bonds is 4. The molecule has 0 aliphatic carbocycles. The van der Waals surface area contributed by atoms with Gasteiger partial charge < -0.3 is 15.5 Å². The van der Waals surface area contributed by atoms with Crippen molar-refractivity contribution in [2.45, 2.75) is 32.7 Å². The minimum Gasteiger partial charge on any atom is -0.456 e. The SMILES string of the molecule is CCc1ccc(C(=O)NC(C)(C)CN)o1. The number of amides is 1. The van der Waals surface area contributed by atoms with Crippen LogP contribution in [0.5, 0.6) is 0 Å². The number of hydrogen-bond donors (Lipinski definition) is 2. The van der Waals surface area contributed by atoms with Crippen LogP contribution in [0.1, 0.15) is 37.1 Å². The van der Waals surface area contributed by atoms with Gasteiger partial charge >= 0.3 is 0 Å². The van der Waals surface area contributed by atoms with Gasteiger partial charge in [-0.05, 0) is 26.0 Å². The third-order valence-electron chi connectivity index (χ3n) is 2.20. The van der Waals surface area contributed by atoms with E-state index in [0.29, 0.717) is 12.3 Å². The van der Waals surface area contributed by atoms with Gasteiger partial charge in [-0.1, -0.05) is 6.92 Å². The van der Waals surface area contributed by atoms with Gasteiger partial charge in [-0.25, -0.2) is 0 Å². The Kier molecular flexibility index (Phi) is 3.52. The van der Waals surface area contributed by atoms with Gasteiger partial charge in [-0.15, -0.1) is 0 Å². The first-order valence-corrected chi connectivity index (χ1v) is 5.10. The summed E-state index contributed by atoms with van der Waals surface area (Å²) >= 11 is 0. The fraction of sp³-hybridized carbons (Fsp3) is 0.545. The van der Waals surface area contributed by atoms with Crippen molar-refractivity contribution < 1.29 is 9.21 Å². The molecule has 1 aromatic heterocycles. The van der Waals surface area contributed by atoms with Crippen molar-refractivity contribution in [2.75, 3.05) is 6.54 Å². The molecule has 1 heterocycles. The smallest absolute Gasteiger partial charge is 0.287 e. The highest BCUT2D eigenvalue weighted by Crippen LogP contribution is 2.09. The summed E-state index contributed by atoms with van der Waals surface area (Å²) in [6, 6.07) is 3.49. The molecule has 0 saturated heterocycles. The molecular weight excluding hydrogens is 192 g/mol. The third kappa shape index (κ3) is 3.09. The standard InChI is InChI=1S/C11H18N2O2/c1-4-8-5-6-9(15-8)10(14)13-11(2,3)7-12/h5-6H,4,7,12H2,1-3H3,(H,13,14). The molecule has 0 aliphatic rings. The van der Waals surface area contributed by atoms with E-state index in [2.05, 4.69) is 5.32 Å². The highest BCUT2D eigenvalue weighted by atomic mass is 16.3. The van der Waals surface area contributed by atoms with E-state index in [1.165, 1.54) is 0 Å². The second kappa shape index (κ2) is 4.49. The van der Waals surface area contributed by atoms with Gasteiger partial charge in [0.05, 0.1) is 0 Å². The molecule has 0 spiro atoms. The number of nitrogens with two attached hydrogens (primary N) is 1. The Bertz CT molecular complexity index is 342. The second-order valence-corrected chi connectivity index (χ2v) is 4.16. The van der Waals surface area contributed by atoms with Crippen molar-refractivity contribution in [3.63, 3.8) is 0 Å². The van der Waals surface area contributed by atoms with E-state index >= 15 is 0 Å². The summed E-state index contributed by atoms with van der Waals surface area (Å²) in [5.41, 5.74) is 5.11. The highest BCUT2D eigenvalue weighted by Gasteiger charge is 2.20. The molecule has 0 saturated carbocycles. The van der Waals surface area contributed by atoms with Gasteiger partial charge in [-0.3, -0.25) is 4.79 Å². The normalized spacial score (nSPS) is 11.5. The molecule has 84 valence electrons. The lowest BCUT2D eigenvalue weighted by molar-refractivity contribution is 0.0885. The average Bonchev–Trinajstić information content (AvgIpc) is 2.65. The minimum atomic E-state index is -0.406. The van der Waals surface area contributed by atoms with Crippen LogP contribution >= 0.6 is 0 Å². The van der Waals surface area contributed by atoms with Crippen LogP contribution in [-0.2, 0) is 6.42 Å². The van der Waals surface area contributed by atoms with Crippen molar-refractivity contribution in [3.05, 3.63) is 23.7 Å². The number of aryl methyl sites for hydroxylation is 1. The van der Waals surface area contributed by atoms with E-state index < -0.39 is 5.54 Å². The number of nitrogens with one attached hydrogen (secondary N) is 1. The summed E-state index contributed by atoms with van der Waals surface area (Å²) in [7, 11) is 0. The van der Waals surface area contributed by atoms with Crippen LogP contribution in [0.3, 0.4) is 0 Å². The molecule has 1 amide bonds. The van der Waals surface area contributed by atoms with Gasteiger partial charge in [0, 0.05) is 18.5 Å². The Balaban J connectivity index is 2.69. The first-order chi connectivity index (χ1) is 6.98. The summed E-state index contributed by atoms with van der Waals surface area (Å²) in [5.74, 6) is 0.934. The Morgan fingerprint density at radius 2 is 2.20 bits per heavy atom. The van der Waals surface area contributed by atoms with Crippen molar-refractivity contribution >= 4 is 5.91 Å². The lowest BCUT2D eigenvalue weighted by Crippen LogP contribution is -2.48. The first kappa shape index (κ1) is 11.8. The highest BCUT2D eigenvalue weighted by molar-refractivity contribution is 5.92. The zero-order chi connectivity index (χ0) is 11.5. The van der Waals surface area contributed by atoms with Crippen LogP contribution in [0.2, 0.25) is 0 Å². The zero-order valence-electron chi connectivity index (χ0n) is 9.46. The van der Waals surface area contributed by atoms with Crippen molar-refractivity contribution in [1.29, 1.82) is 0 Å². The van der Waals surface area contributed by atoms with Crippen molar-refractivity contribution in [2.24, 2.45) is 5.73 Å². The molecule has 15 heavy (non-hydrogen) atoms. The van der Waals surface area contributed by atoms with Crippen LogP contribution in [0.25, 0.3) is 0 Å². The van der Waals surface area contributed by atoms with Crippen molar-refractivity contribution in [3.8, 4) is 0 Å². The van der Waals surface area contributed by atoms with E-state index in [9.17, 15) is 4.79 Å². The van der Waals surface area contributed by atoms with Gasteiger partial charge in [0.15, 0.2) is 5.76 Å². The predicted octanol–water partition coefficient (Wildman–Crippen LogP) is 1.31. The molecule has 0 radical (unpaired) electrons. The molecule has 0 atom stereocenters. The Morgan fingerprint density at radius 1 is 1.53 bits per heavy atom. The topological polar surface area (TPSA) is 68.3 Å². The van der Waals surface area contributed by atoms with Crippen LogP contribution in [0, 0.1) is 0 Å². The largest absolute Gasteiger partial charge is 0.456 e. The van der Waals surface area contributed by atoms with Crippen LogP contribution < -0.4 is 11.1 Å². The summed E-state index contributed by atoms with van der Waals surface area (Å²) in [6.07, 6.45) is 0.785. The van der Waals surface area contributed by atoms with E-state index in [-0.39, 0.29) is 5.91 Å². The average molecular weight is 210 g/mol. The predicted molar refractivity (Wildman–Crippen MR) is 58.7 cm³/mol. The molecule has 0 unspecified atom stereocenters. The molecule has 4 nitrogen and oxygen atoms in total. The zero-order valence-corrected chi connectivity index (χ0v) is 9.46. The maximum Gasteiger partial charge on any atom is 0.287 e. The molecular formula is C11H18N2O2. The summed E-state index contributed by atoms with van der Waals surface area (Å²) in [6.45, 7) is 6.10. The lowest BCUT2D eigenvalue weighted by Gasteiger charge is -2.23. The maximum atomic E-state index is 11.7. The molecule has 4 heteroatoms. The molecule has 0 fully saturated rings. The van der Waals surface area contributed by atoms with E-state index in [1.54, 1.807) is 6.07 Å². The number of carbonyl (C=O) groups is 1. The van der Waals surface area contributed by atoms with Crippen LogP contribution in [0.15, 0.2) is 16.5 Å².